The second kappa shape index (κ2) is 4.83. The number of nitrogens with zero attached hydrogens (tertiary/aromatic N) is 3. The average molecular weight is 264 g/mol. The van der Waals surface area contributed by atoms with E-state index in [1.165, 1.54) is 4.68 Å². The van der Waals surface area contributed by atoms with E-state index in [4.69, 9.17) is 0 Å². The predicted octanol–water partition coefficient (Wildman–Crippen LogP) is -0.218. The Morgan fingerprint density at radius 1 is 1.47 bits per heavy atom. The van der Waals surface area contributed by atoms with Gasteiger partial charge in [0.2, 0.25) is 11.8 Å². The van der Waals surface area contributed by atoms with Crippen LogP contribution < -0.4 is 10.2 Å². The Balaban J connectivity index is 2.51. The van der Waals surface area contributed by atoms with Crippen LogP contribution in [0.25, 0.3) is 0 Å². The van der Waals surface area contributed by atoms with Crippen LogP contribution in [0.2, 0.25) is 0 Å². The van der Waals surface area contributed by atoms with Crippen LogP contribution >= 0.6 is 0 Å². The van der Waals surface area contributed by atoms with E-state index in [0.717, 1.165) is 0 Å². The Hall–Kier alpha value is -2.18. The third-order valence-corrected chi connectivity index (χ3v) is 3.27. The molecule has 2 rings (SSSR count). The van der Waals surface area contributed by atoms with Gasteiger partial charge in [-0.2, -0.15) is 5.10 Å². The van der Waals surface area contributed by atoms with Crippen LogP contribution in [0.3, 0.4) is 0 Å². The number of aromatic nitrogens is 2. The van der Waals surface area contributed by atoms with Crippen LogP contribution in [0.4, 0.5) is 5.82 Å². The standard InChI is InChI=1S/C12H16N4O3/c1-4-9-11(19)13-10(18)5-16(9)12-8(6-17)7(2)14-15(12)3/h6,9H,4-5H2,1-3H3,(H,13,18,19). The highest BCUT2D eigenvalue weighted by Crippen LogP contribution is 2.25. The molecule has 1 unspecified atom stereocenters. The molecule has 1 saturated heterocycles. The zero-order valence-electron chi connectivity index (χ0n) is 11.1. The minimum atomic E-state index is -0.466. The van der Waals surface area contributed by atoms with Crippen LogP contribution in [0, 0.1) is 6.92 Å². The van der Waals surface area contributed by atoms with Gasteiger partial charge >= 0.3 is 0 Å². The topological polar surface area (TPSA) is 84.3 Å². The summed E-state index contributed by atoms with van der Waals surface area (Å²) in [6.45, 7) is 3.63. The van der Waals surface area contributed by atoms with Crippen LogP contribution in [-0.2, 0) is 16.6 Å². The molecule has 1 aliphatic heterocycles. The predicted molar refractivity (Wildman–Crippen MR) is 67.9 cm³/mol. The molecule has 0 bridgehead atoms. The maximum atomic E-state index is 11.8. The number of nitrogens with one attached hydrogen (secondary N) is 1. The third-order valence-electron chi connectivity index (χ3n) is 3.27. The number of anilines is 1. The molecular formula is C12H16N4O3. The SMILES string of the molecule is CCC1C(=O)NC(=O)CN1c1c(C=O)c(C)nn1C. The van der Waals surface area contributed by atoms with Gasteiger partial charge in [-0.3, -0.25) is 24.4 Å². The lowest BCUT2D eigenvalue weighted by molar-refractivity contribution is -0.133. The first kappa shape index (κ1) is 13.3. The lowest BCUT2D eigenvalue weighted by Gasteiger charge is -2.35. The van der Waals surface area contributed by atoms with Gasteiger partial charge in [-0.25, -0.2) is 0 Å². The van der Waals surface area contributed by atoms with E-state index in [9.17, 15) is 14.4 Å². The maximum absolute atomic E-state index is 11.8. The zero-order chi connectivity index (χ0) is 14.2. The van der Waals surface area contributed by atoms with Crippen molar-refractivity contribution < 1.29 is 14.4 Å². The molecular weight excluding hydrogens is 248 g/mol. The van der Waals surface area contributed by atoms with Crippen molar-refractivity contribution in [1.29, 1.82) is 0 Å². The second-order valence-corrected chi connectivity index (χ2v) is 4.53. The van der Waals surface area contributed by atoms with Gasteiger partial charge < -0.3 is 4.90 Å². The fourth-order valence-electron chi connectivity index (χ4n) is 2.44. The second-order valence-electron chi connectivity index (χ2n) is 4.53. The van der Waals surface area contributed by atoms with Gasteiger partial charge in [-0.1, -0.05) is 6.92 Å². The maximum Gasteiger partial charge on any atom is 0.249 e. The molecule has 0 radical (unpaired) electrons. The first-order valence-electron chi connectivity index (χ1n) is 6.08. The van der Waals surface area contributed by atoms with Crippen molar-refractivity contribution in [3.63, 3.8) is 0 Å². The Morgan fingerprint density at radius 2 is 2.16 bits per heavy atom. The van der Waals surface area contributed by atoms with Crippen molar-refractivity contribution in [2.24, 2.45) is 7.05 Å². The largest absolute Gasteiger partial charge is 0.335 e. The highest BCUT2D eigenvalue weighted by Gasteiger charge is 2.35. The molecule has 0 aromatic carbocycles. The summed E-state index contributed by atoms with van der Waals surface area (Å²) < 4.78 is 1.54. The summed E-state index contributed by atoms with van der Waals surface area (Å²) >= 11 is 0. The lowest BCUT2D eigenvalue weighted by Crippen LogP contribution is -2.58. The third kappa shape index (κ3) is 2.11. The van der Waals surface area contributed by atoms with Crippen LogP contribution in [0.1, 0.15) is 29.4 Å². The summed E-state index contributed by atoms with van der Waals surface area (Å²) in [5.74, 6) is -0.192. The van der Waals surface area contributed by atoms with Crippen molar-refractivity contribution in [2.75, 3.05) is 11.4 Å². The van der Waals surface area contributed by atoms with Gasteiger partial charge in [0.1, 0.15) is 11.9 Å². The number of hydrogen-bond donors (Lipinski definition) is 1. The van der Waals surface area contributed by atoms with Crippen LogP contribution in [0.5, 0.6) is 0 Å². The number of aldehydes is 1. The first-order chi connectivity index (χ1) is 8.99. The summed E-state index contributed by atoms with van der Waals surface area (Å²) in [5, 5.41) is 6.48. The smallest absolute Gasteiger partial charge is 0.249 e. The number of carbonyl (C=O) groups excluding carboxylic acids is 3. The quantitative estimate of drug-likeness (QED) is 0.603. The molecule has 1 aromatic heterocycles. The first-order valence-corrected chi connectivity index (χ1v) is 6.08. The van der Waals surface area contributed by atoms with Crippen molar-refractivity contribution in [3.05, 3.63) is 11.3 Å². The molecule has 19 heavy (non-hydrogen) atoms. The molecule has 2 heterocycles. The van der Waals surface area contributed by atoms with Gasteiger partial charge in [0.25, 0.3) is 0 Å². The molecule has 1 N–H and O–H groups in total. The number of hydrogen-bond acceptors (Lipinski definition) is 5. The number of piperazine rings is 1. The number of imide groups is 1. The molecule has 102 valence electrons. The van der Waals surface area contributed by atoms with Crippen molar-refractivity contribution in [3.8, 4) is 0 Å². The number of amides is 2. The molecule has 7 nitrogen and oxygen atoms in total. The fraction of sp³-hybridized carbons (Fsp3) is 0.500. The Kier molecular flexibility index (Phi) is 3.37. The van der Waals surface area contributed by atoms with Gasteiger partial charge in [-0.15, -0.1) is 0 Å². The van der Waals surface area contributed by atoms with Crippen LogP contribution in [0.15, 0.2) is 0 Å². The molecule has 1 aliphatic rings. The number of carbonyl (C=O) groups is 3. The molecule has 0 spiro atoms. The number of rotatable bonds is 3. The molecule has 2 amide bonds. The van der Waals surface area contributed by atoms with Gasteiger partial charge in [-0.05, 0) is 13.3 Å². The van der Waals surface area contributed by atoms with E-state index in [0.29, 0.717) is 29.8 Å². The van der Waals surface area contributed by atoms with Crippen molar-refractivity contribution in [1.82, 2.24) is 15.1 Å². The monoisotopic (exact) mass is 264 g/mol. The number of aryl methyl sites for hydroxylation is 2. The summed E-state index contributed by atoms with van der Waals surface area (Å²) in [7, 11) is 1.69. The zero-order valence-corrected chi connectivity index (χ0v) is 11.1. The summed E-state index contributed by atoms with van der Waals surface area (Å²) in [5.41, 5.74) is 1.00. The Bertz CT molecular complexity index is 549. The summed E-state index contributed by atoms with van der Waals surface area (Å²) in [4.78, 5) is 36.2. The van der Waals surface area contributed by atoms with Crippen molar-refractivity contribution in [2.45, 2.75) is 26.3 Å². The Labute approximate surface area is 110 Å². The minimum Gasteiger partial charge on any atom is -0.335 e. The fourth-order valence-corrected chi connectivity index (χ4v) is 2.44. The highest BCUT2D eigenvalue weighted by molar-refractivity contribution is 6.05. The minimum absolute atomic E-state index is 0.0457. The van der Waals surface area contributed by atoms with E-state index < -0.39 is 6.04 Å². The van der Waals surface area contributed by atoms with E-state index in [1.54, 1.807) is 18.9 Å². The average Bonchev–Trinajstić information content (AvgIpc) is 2.62. The Morgan fingerprint density at radius 3 is 2.74 bits per heavy atom. The molecule has 7 heteroatoms. The van der Waals surface area contributed by atoms with Crippen molar-refractivity contribution >= 4 is 23.9 Å². The summed E-state index contributed by atoms with van der Waals surface area (Å²) in [6, 6.07) is -0.466. The van der Waals surface area contributed by atoms with Gasteiger partial charge in [0.15, 0.2) is 6.29 Å². The van der Waals surface area contributed by atoms with E-state index in [1.807, 2.05) is 6.92 Å². The van der Waals surface area contributed by atoms with E-state index in [-0.39, 0.29) is 18.4 Å². The van der Waals surface area contributed by atoms with Gasteiger partial charge in [0.05, 0.1) is 17.8 Å². The molecule has 1 aromatic rings. The molecule has 0 saturated carbocycles. The molecule has 1 fully saturated rings. The summed E-state index contributed by atoms with van der Waals surface area (Å²) in [6.07, 6.45) is 1.25. The molecule has 0 aliphatic carbocycles. The van der Waals surface area contributed by atoms with E-state index in [2.05, 4.69) is 10.4 Å². The molecule has 1 atom stereocenters. The lowest BCUT2D eigenvalue weighted by atomic mass is 10.1. The normalized spacial score (nSPS) is 19.5. The van der Waals surface area contributed by atoms with E-state index >= 15 is 0 Å². The highest BCUT2D eigenvalue weighted by atomic mass is 16.2. The van der Waals surface area contributed by atoms with Gasteiger partial charge in [0, 0.05) is 7.05 Å². The van der Waals surface area contributed by atoms with Crippen LogP contribution in [-0.4, -0.2) is 40.5 Å².